The molecule has 1 unspecified atom stereocenters. The van der Waals surface area contributed by atoms with Gasteiger partial charge in [0.05, 0.1) is 5.56 Å². The summed E-state index contributed by atoms with van der Waals surface area (Å²) in [4.78, 5) is 12.7. The third-order valence-corrected chi connectivity index (χ3v) is 4.23. The Morgan fingerprint density at radius 1 is 1.08 bits per heavy atom. The molecule has 0 aliphatic carbocycles. The van der Waals surface area contributed by atoms with Crippen molar-refractivity contribution in [1.29, 1.82) is 0 Å². The molecule has 3 rings (SSSR count). The molecular formula is C19H19FN4O. The van der Waals surface area contributed by atoms with E-state index < -0.39 is 17.8 Å². The lowest BCUT2D eigenvalue weighted by Gasteiger charge is -2.19. The van der Waals surface area contributed by atoms with Crippen LogP contribution in [-0.4, -0.2) is 20.7 Å². The van der Waals surface area contributed by atoms with Gasteiger partial charge in [0, 0.05) is 7.05 Å². The van der Waals surface area contributed by atoms with E-state index in [1.165, 1.54) is 6.07 Å². The molecule has 1 N–H and O–H groups in total. The van der Waals surface area contributed by atoms with Crippen molar-refractivity contribution in [3.63, 3.8) is 0 Å². The molecule has 0 saturated heterocycles. The van der Waals surface area contributed by atoms with Crippen molar-refractivity contribution in [3.05, 3.63) is 82.7 Å². The normalized spacial score (nSPS) is 12.0. The summed E-state index contributed by atoms with van der Waals surface area (Å²) >= 11 is 0. The predicted molar refractivity (Wildman–Crippen MR) is 92.6 cm³/mol. The number of carbonyl (C=O) groups is 1. The van der Waals surface area contributed by atoms with Crippen LogP contribution in [0, 0.1) is 19.7 Å². The zero-order valence-corrected chi connectivity index (χ0v) is 14.3. The van der Waals surface area contributed by atoms with E-state index in [-0.39, 0.29) is 5.56 Å². The van der Waals surface area contributed by atoms with Gasteiger partial charge in [0.1, 0.15) is 17.7 Å². The van der Waals surface area contributed by atoms with Gasteiger partial charge in [-0.3, -0.25) is 4.79 Å². The van der Waals surface area contributed by atoms with Crippen LogP contribution in [-0.2, 0) is 7.05 Å². The van der Waals surface area contributed by atoms with E-state index in [1.54, 1.807) is 19.1 Å². The summed E-state index contributed by atoms with van der Waals surface area (Å²) in [6.45, 7) is 3.47. The molecule has 1 amide bonds. The van der Waals surface area contributed by atoms with Gasteiger partial charge in [-0.05, 0) is 31.0 Å². The number of halogens is 1. The summed E-state index contributed by atoms with van der Waals surface area (Å²) in [6, 6.07) is 13.7. The van der Waals surface area contributed by atoms with Crippen LogP contribution >= 0.6 is 0 Å². The molecule has 25 heavy (non-hydrogen) atoms. The molecule has 3 aromatic rings. The van der Waals surface area contributed by atoms with Crippen molar-refractivity contribution in [3.8, 4) is 0 Å². The molecule has 2 aromatic carbocycles. The van der Waals surface area contributed by atoms with E-state index >= 15 is 0 Å². The van der Waals surface area contributed by atoms with Crippen molar-refractivity contribution < 1.29 is 9.18 Å². The van der Waals surface area contributed by atoms with Crippen LogP contribution in [0.5, 0.6) is 0 Å². The summed E-state index contributed by atoms with van der Waals surface area (Å²) in [5.74, 6) is 0.314. The Balaban J connectivity index is 2.00. The largest absolute Gasteiger partial charge is 0.338 e. The van der Waals surface area contributed by atoms with Gasteiger partial charge in [0.25, 0.3) is 5.91 Å². The maximum atomic E-state index is 14.3. The molecule has 1 aromatic heterocycles. The molecule has 6 heteroatoms. The standard InChI is InChI=1S/C19H19FN4O/c1-12-8-7-11-15(16(12)20)19(25)21-17(14-9-5-4-6-10-14)18-23-22-13(2)24(18)3/h4-11,17H,1-3H3,(H,21,25). The third-order valence-electron chi connectivity index (χ3n) is 4.23. The fraction of sp³-hybridized carbons (Fsp3) is 0.211. The minimum absolute atomic E-state index is 0.0137. The molecule has 0 fully saturated rings. The molecular weight excluding hydrogens is 319 g/mol. The fourth-order valence-electron chi connectivity index (χ4n) is 2.65. The maximum Gasteiger partial charge on any atom is 0.255 e. The van der Waals surface area contributed by atoms with Gasteiger partial charge >= 0.3 is 0 Å². The van der Waals surface area contributed by atoms with Gasteiger partial charge < -0.3 is 9.88 Å². The SMILES string of the molecule is Cc1cccc(C(=O)NC(c2ccccc2)c2nnc(C)n2C)c1F. The van der Waals surface area contributed by atoms with Crippen LogP contribution in [0.2, 0.25) is 0 Å². The minimum Gasteiger partial charge on any atom is -0.338 e. The number of aryl methyl sites for hydroxylation is 2. The van der Waals surface area contributed by atoms with Crippen LogP contribution < -0.4 is 5.32 Å². The Bertz CT molecular complexity index is 905. The molecule has 0 radical (unpaired) electrons. The van der Waals surface area contributed by atoms with Gasteiger partial charge in [-0.1, -0.05) is 42.5 Å². The molecule has 0 aliphatic rings. The van der Waals surface area contributed by atoms with E-state index in [0.29, 0.717) is 11.4 Å². The summed E-state index contributed by atoms with van der Waals surface area (Å²) in [5.41, 5.74) is 1.29. The van der Waals surface area contributed by atoms with Gasteiger partial charge in [-0.25, -0.2) is 4.39 Å². The van der Waals surface area contributed by atoms with Gasteiger partial charge in [0.15, 0.2) is 5.82 Å². The molecule has 128 valence electrons. The number of hydrogen-bond donors (Lipinski definition) is 1. The zero-order chi connectivity index (χ0) is 18.0. The lowest BCUT2D eigenvalue weighted by molar-refractivity contribution is 0.0937. The van der Waals surface area contributed by atoms with Gasteiger partial charge in [-0.15, -0.1) is 10.2 Å². The minimum atomic E-state index is -0.528. The Hall–Kier alpha value is -3.02. The Morgan fingerprint density at radius 2 is 1.80 bits per heavy atom. The van der Waals surface area contributed by atoms with Gasteiger partial charge in [0.2, 0.25) is 0 Å². The summed E-state index contributed by atoms with van der Waals surface area (Å²) in [6.07, 6.45) is 0. The van der Waals surface area contributed by atoms with E-state index in [9.17, 15) is 9.18 Å². The first kappa shape index (κ1) is 16.8. The number of aromatic nitrogens is 3. The van der Waals surface area contributed by atoms with Crippen molar-refractivity contribution in [2.24, 2.45) is 7.05 Å². The van der Waals surface area contributed by atoms with Crippen LogP contribution in [0.4, 0.5) is 4.39 Å². The number of nitrogens with one attached hydrogen (secondary N) is 1. The van der Waals surface area contributed by atoms with Crippen LogP contribution in [0.25, 0.3) is 0 Å². The number of rotatable bonds is 4. The zero-order valence-electron chi connectivity index (χ0n) is 14.3. The molecule has 1 atom stereocenters. The third kappa shape index (κ3) is 3.28. The molecule has 0 aliphatic heterocycles. The van der Waals surface area contributed by atoms with Crippen LogP contribution in [0.3, 0.4) is 0 Å². The highest BCUT2D eigenvalue weighted by atomic mass is 19.1. The van der Waals surface area contributed by atoms with E-state index in [4.69, 9.17) is 0 Å². The average Bonchev–Trinajstić information content (AvgIpc) is 2.95. The first-order valence-corrected chi connectivity index (χ1v) is 7.96. The fourth-order valence-corrected chi connectivity index (χ4v) is 2.65. The van der Waals surface area contributed by atoms with E-state index in [2.05, 4.69) is 15.5 Å². The number of amides is 1. The molecule has 0 saturated carbocycles. The van der Waals surface area contributed by atoms with E-state index in [1.807, 2.05) is 48.9 Å². The Kier molecular flexibility index (Phi) is 4.61. The summed E-state index contributed by atoms with van der Waals surface area (Å²) in [5, 5.41) is 11.1. The van der Waals surface area contributed by atoms with Crippen LogP contribution in [0.1, 0.15) is 39.2 Å². The second-order valence-corrected chi connectivity index (χ2v) is 5.92. The number of hydrogen-bond acceptors (Lipinski definition) is 3. The van der Waals surface area contributed by atoms with E-state index in [0.717, 1.165) is 11.4 Å². The van der Waals surface area contributed by atoms with Crippen molar-refractivity contribution in [2.45, 2.75) is 19.9 Å². The number of benzene rings is 2. The lowest BCUT2D eigenvalue weighted by Crippen LogP contribution is -2.32. The highest BCUT2D eigenvalue weighted by Gasteiger charge is 2.24. The quantitative estimate of drug-likeness (QED) is 0.795. The molecule has 0 spiro atoms. The van der Waals surface area contributed by atoms with Crippen molar-refractivity contribution >= 4 is 5.91 Å². The topological polar surface area (TPSA) is 59.8 Å². The first-order valence-electron chi connectivity index (χ1n) is 7.96. The van der Waals surface area contributed by atoms with Gasteiger partial charge in [-0.2, -0.15) is 0 Å². The molecule has 5 nitrogen and oxygen atoms in total. The molecule has 1 heterocycles. The highest BCUT2D eigenvalue weighted by molar-refractivity contribution is 5.95. The average molecular weight is 338 g/mol. The van der Waals surface area contributed by atoms with Crippen molar-refractivity contribution in [1.82, 2.24) is 20.1 Å². The Morgan fingerprint density at radius 3 is 2.44 bits per heavy atom. The molecule has 0 bridgehead atoms. The second kappa shape index (κ2) is 6.84. The first-order chi connectivity index (χ1) is 12.0. The predicted octanol–water partition coefficient (Wildman–Crippen LogP) is 3.09. The van der Waals surface area contributed by atoms with Crippen molar-refractivity contribution in [2.75, 3.05) is 0 Å². The summed E-state index contributed by atoms with van der Waals surface area (Å²) < 4.78 is 16.1. The van der Waals surface area contributed by atoms with Crippen LogP contribution in [0.15, 0.2) is 48.5 Å². The smallest absolute Gasteiger partial charge is 0.255 e. The number of nitrogens with zero attached hydrogens (tertiary/aromatic N) is 3. The number of carbonyl (C=O) groups excluding carboxylic acids is 1. The summed E-state index contributed by atoms with van der Waals surface area (Å²) in [7, 11) is 1.83. The highest BCUT2D eigenvalue weighted by Crippen LogP contribution is 2.22. The lowest BCUT2D eigenvalue weighted by atomic mass is 10.0. The Labute approximate surface area is 145 Å². The second-order valence-electron chi connectivity index (χ2n) is 5.92. The maximum absolute atomic E-state index is 14.3. The monoisotopic (exact) mass is 338 g/mol.